The Bertz CT molecular complexity index is 742. The summed E-state index contributed by atoms with van der Waals surface area (Å²) in [6.07, 6.45) is 8.51. The van der Waals surface area contributed by atoms with Crippen LogP contribution in [0.25, 0.3) is 0 Å². The van der Waals surface area contributed by atoms with Gasteiger partial charge in [0.15, 0.2) is 0 Å². The van der Waals surface area contributed by atoms with Gasteiger partial charge in [-0.05, 0) is 49.7 Å². The minimum absolute atomic E-state index is 0.295. The van der Waals surface area contributed by atoms with E-state index in [1.165, 1.54) is 10.6 Å². The van der Waals surface area contributed by atoms with Crippen molar-refractivity contribution in [3.8, 4) is 0 Å². The van der Waals surface area contributed by atoms with Crippen LogP contribution in [0.4, 0.5) is 11.6 Å². The summed E-state index contributed by atoms with van der Waals surface area (Å²) in [6.45, 7) is 6.01. The highest BCUT2D eigenvalue weighted by Crippen LogP contribution is 2.31. The Balaban J connectivity index is 1.21. The number of carbonyl (C=O) groups is 1. The summed E-state index contributed by atoms with van der Waals surface area (Å²) in [4.78, 5) is 29.3. The number of unbranched alkanes of at least 4 members (excludes halogenated alkanes) is 1. The summed E-state index contributed by atoms with van der Waals surface area (Å²) in [5.41, 5.74) is 1.17. The van der Waals surface area contributed by atoms with Gasteiger partial charge in [0, 0.05) is 56.4 Å². The molecule has 0 unspecified atom stereocenters. The lowest BCUT2D eigenvalue weighted by Crippen LogP contribution is -2.47. The molecule has 2 aliphatic rings. The van der Waals surface area contributed by atoms with Crippen molar-refractivity contribution in [1.29, 1.82) is 0 Å². The molecule has 0 N–H and O–H groups in total. The van der Waals surface area contributed by atoms with E-state index in [0.29, 0.717) is 12.3 Å². The summed E-state index contributed by atoms with van der Waals surface area (Å²) in [5, 5.41) is 2.12. The molecule has 0 aromatic carbocycles. The van der Waals surface area contributed by atoms with Crippen molar-refractivity contribution in [2.75, 3.05) is 49.1 Å². The van der Waals surface area contributed by atoms with Crippen LogP contribution >= 0.6 is 11.3 Å². The van der Waals surface area contributed by atoms with E-state index in [0.717, 1.165) is 70.9 Å². The first-order valence-corrected chi connectivity index (χ1v) is 10.8. The molecular weight excluding hydrogens is 358 g/mol. The molecule has 7 heteroatoms. The molecule has 2 aromatic rings. The van der Waals surface area contributed by atoms with E-state index < -0.39 is 0 Å². The zero-order chi connectivity index (χ0) is 18.5. The smallest absolute Gasteiger partial charge is 0.227 e. The molecule has 144 valence electrons. The molecule has 1 saturated heterocycles. The summed E-state index contributed by atoms with van der Waals surface area (Å²) in [7, 11) is 0. The van der Waals surface area contributed by atoms with Crippen LogP contribution in [-0.4, -0.2) is 60.0 Å². The number of amides is 1. The zero-order valence-electron chi connectivity index (χ0n) is 15.7. The average molecular weight is 386 g/mol. The zero-order valence-corrected chi connectivity index (χ0v) is 16.5. The molecule has 0 atom stereocenters. The predicted octanol–water partition coefficient (Wildman–Crippen LogP) is 2.81. The van der Waals surface area contributed by atoms with Gasteiger partial charge in [-0.2, -0.15) is 0 Å². The molecule has 0 radical (unpaired) electrons. The highest BCUT2D eigenvalue weighted by atomic mass is 32.1. The fraction of sp³-hybridized carbons (Fsp3) is 0.550. The number of aromatic nitrogens is 2. The number of nitrogens with zero attached hydrogens (tertiary/aromatic N) is 5. The quantitative estimate of drug-likeness (QED) is 0.716. The van der Waals surface area contributed by atoms with E-state index in [1.54, 1.807) is 23.7 Å². The lowest BCUT2D eigenvalue weighted by atomic mass is 10.2. The summed E-state index contributed by atoms with van der Waals surface area (Å²) in [5.74, 6) is 1.13. The summed E-state index contributed by atoms with van der Waals surface area (Å²) in [6, 6.07) is 3.97. The fourth-order valence-corrected chi connectivity index (χ4v) is 4.83. The predicted molar refractivity (Wildman–Crippen MR) is 110 cm³/mol. The van der Waals surface area contributed by atoms with Gasteiger partial charge in [-0.1, -0.05) is 0 Å². The summed E-state index contributed by atoms with van der Waals surface area (Å²) < 4.78 is 0. The van der Waals surface area contributed by atoms with Crippen LogP contribution in [0.1, 0.15) is 30.6 Å². The number of piperazine rings is 1. The van der Waals surface area contributed by atoms with E-state index in [1.807, 2.05) is 11.0 Å². The van der Waals surface area contributed by atoms with Gasteiger partial charge in [-0.3, -0.25) is 9.69 Å². The van der Waals surface area contributed by atoms with Crippen molar-refractivity contribution in [1.82, 2.24) is 14.9 Å². The Labute approximate surface area is 164 Å². The van der Waals surface area contributed by atoms with Crippen LogP contribution in [-0.2, 0) is 11.2 Å². The molecule has 0 aliphatic carbocycles. The minimum Gasteiger partial charge on any atom is -0.338 e. The van der Waals surface area contributed by atoms with Crippen molar-refractivity contribution < 1.29 is 4.79 Å². The third-order valence-corrected chi connectivity index (χ3v) is 6.39. The standard InChI is InChI=1S/C20H27N5OS/c26-19-6-3-5-18-17(7-16-27-18)25(19)11-2-1-10-23-12-14-24(15-13-23)20-21-8-4-9-22-20/h4,7-9,16H,1-3,5-6,10-15H2. The Kier molecular flexibility index (Phi) is 5.99. The molecule has 4 rings (SSSR count). The Morgan fingerprint density at radius 3 is 2.59 bits per heavy atom. The van der Waals surface area contributed by atoms with Gasteiger partial charge in [0.05, 0.1) is 5.69 Å². The van der Waals surface area contributed by atoms with Crippen molar-refractivity contribution in [2.24, 2.45) is 0 Å². The average Bonchev–Trinajstić information content (AvgIpc) is 3.11. The molecule has 4 heterocycles. The number of fused-ring (bicyclic) bond motifs is 1. The van der Waals surface area contributed by atoms with Gasteiger partial charge in [-0.15, -0.1) is 11.3 Å². The molecule has 2 aliphatic heterocycles. The second-order valence-electron chi connectivity index (χ2n) is 7.21. The first kappa shape index (κ1) is 18.4. The first-order valence-electron chi connectivity index (χ1n) is 9.92. The number of aryl methyl sites for hydroxylation is 1. The Morgan fingerprint density at radius 1 is 1.00 bits per heavy atom. The van der Waals surface area contributed by atoms with Gasteiger partial charge in [0.1, 0.15) is 0 Å². The molecule has 2 aromatic heterocycles. The van der Waals surface area contributed by atoms with Crippen LogP contribution in [0, 0.1) is 0 Å². The van der Waals surface area contributed by atoms with Crippen LogP contribution in [0.3, 0.4) is 0 Å². The number of rotatable bonds is 6. The van der Waals surface area contributed by atoms with Crippen LogP contribution < -0.4 is 9.80 Å². The molecular formula is C20H27N5OS. The fourth-order valence-electron chi connectivity index (χ4n) is 3.91. The topological polar surface area (TPSA) is 52.6 Å². The lowest BCUT2D eigenvalue weighted by Gasteiger charge is -2.34. The third kappa shape index (κ3) is 4.47. The van der Waals surface area contributed by atoms with Crippen molar-refractivity contribution >= 4 is 28.9 Å². The second-order valence-corrected chi connectivity index (χ2v) is 8.21. The number of hydrogen-bond acceptors (Lipinski definition) is 6. The molecule has 27 heavy (non-hydrogen) atoms. The molecule has 0 bridgehead atoms. The van der Waals surface area contributed by atoms with Gasteiger partial charge in [-0.25, -0.2) is 9.97 Å². The third-order valence-electron chi connectivity index (χ3n) is 5.42. The van der Waals surface area contributed by atoms with Crippen LogP contribution in [0.5, 0.6) is 0 Å². The highest BCUT2D eigenvalue weighted by Gasteiger charge is 2.23. The molecule has 1 amide bonds. The number of thiophene rings is 1. The first-order chi connectivity index (χ1) is 13.3. The van der Waals surface area contributed by atoms with Crippen molar-refractivity contribution in [3.05, 3.63) is 34.8 Å². The van der Waals surface area contributed by atoms with Crippen molar-refractivity contribution in [3.63, 3.8) is 0 Å². The maximum absolute atomic E-state index is 12.4. The van der Waals surface area contributed by atoms with E-state index in [9.17, 15) is 4.79 Å². The van der Waals surface area contributed by atoms with E-state index in [4.69, 9.17) is 0 Å². The van der Waals surface area contributed by atoms with E-state index >= 15 is 0 Å². The molecule has 6 nitrogen and oxygen atoms in total. The van der Waals surface area contributed by atoms with Gasteiger partial charge in [0.25, 0.3) is 0 Å². The van der Waals surface area contributed by atoms with Gasteiger partial charge in [0.2, 0.25) is 11.9 Å². The SMILES string of the molecule is O=C1CCCc2sccc2N1CCCCN1CCN(c2ncccn2)CC1. The second kappa shape index (κ2) is 8.80. The molecule has 1 fully saturated rings. The number of hydrogen-bond donors (Lipinski definition) is 0. The van der Waals surface area contributed by atoms with Crippen LogP contribution in [0.2, 0.25) is 0 Å². The highest BCUT2D eigenvalue weighted by molar-refractivity contribution is 7.10. The molecule has 0 saturated carbocycles. The molecule has 0 spiro atoms. The largest absolute Gasteiger partial charge is 0.338 e. The number of anilines is 2. The van der Waals surface area contributed by atoms with E-state index in [2.05, 4.69) is 31.2 Å². The lowest BCUT2D eigenvalue weighted by molar-refractivity contribution is -0.118. The number of carbonyl (C=O) groups excluding carboxylic acids is 1. The maximum Gasteiger partial charge on any atom is 0.227 e. The summed E-state index contributed by atoms with van der Waals surface area (Å²) >= 11 is 1.79. The van der Waals surface area contributed by atoms with Crippen LogP contribution in [0.15, 0.2) is 29.9 Å². The van der Waals surface area contributed by atoms with Crippen molar-refractivity contribution in [2.45, 2.75) is 32.1 Å². The Morgan fingerprint density at radius 2 is 1.78 bits per heavy atom. The normalized spacial score (nSPS) is 18.4. The Hall–Kier alpha value is -1.99. The van der Waals surface area contributed by atoms with Gasteiger partial charge >= 0.3 is 0 Å². The monoisotopic (exact) mass is 385 g/mol. The maximum atomic E-state index is 12.4. The minimum atomic E-state index is 0.295. The van der Waals surface area contributed by atoms with E-state index in [-0.39, 0.29) is 0 Å². The van der Waals surface area contributed by atoms with Gasteiger partial charge < -0.3 is 9.80 Å².